The van der Waals surface area contributed by atoms with Gasteiger partial charge in [-0.15, -0.1) is 0 Å². The third-order valence-electron chi connectivity index (χ3n) is 3.65. The number of rotatable bonds is 5. The van der Waals surface area contributed by atoms with Crippen LogP contribution in [0.15, 0.2) is 71.5 Å². The van der Waals surface area contributed by atoms with E-state index in [1.807, 2.05) is 71.4 Å². The van der Waals surface area contributed by atoms with Crippen LogP contribution < -0.4 is 0 Å². The van der Waals surface area contributed by atoms with Crippen LogP contribution in [0.25, 0.3) is 17.0 Å². The summed E-state index contributed by atoms with van der Waals surface area (Å²) < 4.78 is 19.7. The first kappa shape index (κ1) is 14.8. The molecule has 0 aliphatic carbocycles. The molecular weight excluding hydrogens is 322 g/mol. The van der Waals surface area contributed by atoms with Crippen molar-refractivity contribution in [2.24, 2.45) is 0 Å². The summed E-state index contributed by atoms with van der Waals surface area (Å²) in [5, 5.41) is 4.02. The molecule has 0 radical (unpaired) electrons. The topological polar surface area (TPSA) is 60.4 Å². The monoisotopic (exact) mass is 337 g/mol. The Labute approximate surface area is 141 Å². The predicted octanol–water partition coefficient (Wildman–Crippen LogP) is 3.44. The van der Waals surface area contributed by atoms with Gasteiger partial charge in [0.25, 0.3) is 0 Å². The van der Waals surface area contributed by atoms with Crippen LogP contribution >= 0.6 is 0 Å². The molecule has 0 N–H and O–H groups in total. The highest BCUT2D eigenvalue weighted by molar-refractivity contribution is 7.83. The fourth-order valence-corrected chi connectivity index (χ4v) is 3.59. The van der Waals surface area contributed by atoms with Crippen molar-refractivity contribution in [3.05, 3.63) is 78.4 Å². The first-order valence-electron chi connectivity index (χ1n) is 7.56. The zero-order valence-electron chi connectivity index (χ0n) is 12.8. The zero-order valence-corrected chi connectivity index (χ0v) is 13.6. The van der Waals surface area contributed by atoms with E-state index in [0.29, 0.717) is 23.0 Å². The standard InChI is InChI=1S/C18H15N3O2S/c22-24(13-16-11-21-9-5-4-8-18(21)19-16)12-15-10-17(23-20-15)14-6-2-1-3-7-14/h1-11H,12-13H2/t24-/m0/s1. The lowest BCUT2D eigenvalue weighted by molar-refractivity contribution is 0.426. The van der Waals surface area contributed by atoms with Gasteiger partial charge in [0.1, 0.15) is 5.65 Å². The van der Waals surface area contributed by atoms with E-state index < -0.39 is 10.8 Å². The molecule has 0 amide bonds. The minimum Gasteiger partial charge on any atom is -0.356 e. The lowest BCUT2D eigenvalue weighted by Gasteiger charge is -1.95. The Hall–Kier alpha value is -2.73. The van der Waals surface area contributed by atoms with Gasteiger partial charge in [-0.1, -0.05) is 41.6 Å². The molecule has 120 valence electrons. The van der Waals surface area contributed by atoms with Crippen molar-refractivity contribution < 1.29 is 8.73 Å². The van der Waals surface area contributed by atoms with Crippen molar-refractivity contribution in [2.75, 3.05) is 0 Å². The molecular formula is C18H15N3O2S. The van der Waals surface area contributed by atoms with Crippen molar-refractivity contribution >= 4 is 16.4 Å². The van der Waals surface area contributed by atoms with Crippen molar-refractivity contribution in [3.63, 3.8) is 0 Å². The summed E-state index contributed by atoms with van der Waals surface area (Å²) in [6, 6.07) is 17.4. The number of aromatic nitrogens is 3. The molecule has 5 nitrogen and oxygen atoms in total. The number of pyridine rings is 1. The molecule has 0 aliphatic heterocycles. The summed E-state index contributed by atoms with van der Waals surface area (Å²) in [6.07, 6.45) is 3.84. The summed E-state index contributed by atoms with van der Waals surface area (Å²) in [4.78, 5) is 4.47. The van der Waals surface area contributed by atoms with Crippen LogP contribution in [-0.4, -0.2) is 18.8 Å². The summed E-state index contributed by atoms with van der Waals surface area (Å²) in [5.74, 6) is 1.44. The number of nitrogens with zero attached hydrogens (tertiary/aromatic N) is 3. The first-order chi connectivity index (χ1) is 11.8. The molecule has 0 fully saturated rings. The van der Waals surface area contributed by atoms with Gasteiger partial charge in [0.05, 0.1) is 22.9 Å². The van der Waals surface area contributed by atoms with Crippen LogP contribution in [0.3, 0.4) is 0 Å². The van der Waals surface area contributed by atoms with Gasteiger partial charge in [-0.05, 0) is 12.1 Å². The molecule has 4 aromatic rings. The van der Waals surface area contributed by atoms with Gasteiger partial charge < -0.3 is 8.92 Å². The Morgan fingerprint density at radius 2 is 1.79 bits per heavy atom. The van der Waals surface area contributed by atoms with Gasteiger partial charge in [0.15, 0.2) is 5.76 Å². The summed E-state index contributed by atoms with van der Waals surface area (Å²) in [7, 11) is -1.09. The number of fused-ring (bicyclic) bond motifs is 1. The molecule has 3 aromatic heterocycles. The second-order valence-corrected chi connectivity index (χ2v) is 6.93. The summed E-state index contributed by atoms with van der Waals surface area (Å²) >= 11 is 0. The molecule has 0 saturated heterocycles. The lowest BCUT2D eigenvalue weighted by Crippen LogP contribution is -1.99. The smallest absolute Gasteiger partial charge is 0.167 e. The quantitative estimate of drug-likeness (QED) is 0.560. The third kappa shape index (κ3) is 3.14. The third-order valence-corrected chi connectivity index (χ3v) is 4.88. The van der Waals surface area contributed by atoms with E-state index in [0.717, 1.165) is 16.9 Å². The van der Waals surface area contributed by atoms with Gasteiger partial charge in [0.2, 0.25) is 0 Å². The average Bonchev–Trinajstić information content (AvgIpc) is 3.21. The van der Waals surface area contributed by atoms with Crippen LogP contribution in [-0.2, 0) is 22.3 Å². The molecule has 0 spiro atoms. The molecule has 1 aromatic carbocycles. The Bertz CT molecular complexity index is 959. The fraction of sp³-hybridized carbons (Fsp3) is 0.111. The van der Waals surface area contributed by atoms with Crippen LogP contribution in [0.2, 0.25) is 0 Å². The minimum absolute atomic E-state index is 0.351. The van der Waals surface area contributed by atoms with E-state index >= 15 is 0 Å². The van der Waals surface area contributed by atoms with E-state index in [1.54, 1.807) is 0 Å². The van der Waals surface area contributed by atoms with E-state index in [4.69, 9.17) is 4.52 Å². The molecule has 0 bridgehead atoms. The summed E-state index contributed by atoms with van der Waals surface area (Å²) in [5.41, 5.74) is 3.32. The van der Waals surface area contributed by atoms with Crippen molar-refractivity contribution in [1.82, 2.24) is 14.5 Å². The Morgan fingerprint density at radius 3 is 2.62 bits per heavy atom. The molecule has 3 heterocycles. The van der Waals surface area contributed by atoms with Gasteiger partial charge in [-0.3, -0.25) is 4.21 Å². The molecule has 6 heteroatoms. The molecule has 0 aliphatic rings. The van der Waals surface area contributed by atoms with Crippen molar-refractivity contribution in [1.29, 1.82) is 0 Å². The Balaban J connectivity index is 1.45. The maximum atomic E-state index is 12.4. The molecule has 1 atom stereocenters. The molecule has 4 rings (SSSR count). The molecule has 24 heavy (non-hydrogen) atoms. The fourth-order valence-electron chi connectivity index (χ4n) is 2.56. The van der Waals surface area contributed by atoms with E-state index in [9.17, 15) is 4.21 Å². The minimum atomic E-state index is -1.09. The van der Waals surface area contributed by atoms with E-state index in [-0.39, 0.29) is 0 Å². The maximum Gasteiger partial charge on any atom is 0.167 e. The number of imidazole rings is 1. The Morgan fingerprint density at radius 1 is 1.00 bits per heavy atom. The van der Waals surface area contributed by atoms with E-state index in [1.165, 1.54) is 0 Å². The number of hydrogen-bond donors (Lipinski definition) is 0. The SMILES string of the molecule is O=[S@@](Cc1cc(-c2ccccc2)on1)Cc1cn2ccccc2n1. The molecule has 0 saturated carbocycles. The highest BCUT2D eigenvalue weighted by Crippen LogP contribution is 2.20. The Kier molecular flexibility index (Phi) is 3.96. The van der Waals surface area contributed by atoms with E-state index in [2.05, 4.69) is 10.1 Å². The molecule has 0 unspecified atom stereocenters. The van der Waals surface area contributed by atoms with Crippen LogP contribution in [0.1, 0.15) is 11.4 Å². The maximum absolute atomic E-state index is 12.4. The normalized spacial score (nSPS) is 12.5. The summed E-state index contributed by atoms with van der Waals surface area (Å²) in [6.45, 7) is 0. The van der Waals surface area contributed by atoms with Gasteiger partial charge in [-0.2, -0.15) is 0 Å². The van der Waals surface area contributed by atoms with Gasteiger partial charge in [-0.25, -0.2) is 4.98 Å². The van der Waals surface area contributed by atoms with Gasteiger partial charge in [0, 0.05) is 34.8 Å². The van der Waals surface area contributed by atoms with Crippen LogP contribution in [0, 0.1) is 0 Å². The second kappa shape index (κ2) is 6.41. The lowest BCUT2D eigenvalue weighted by atomic mass is 10.2. The number of benzene rings is 1. The largest absolute Gasteiger partial charge is 0.356 e. The predicted molar refractivity (Wildman–Crippen MR) is 92.7 cm³/mol. The van der Waals surface area contributed by atoms with Crippen molar-refractivity contribution in [3.8, 4) is 11.3 Å². The van der Waals surface area contributed by atoms with Crippen LogP contribution in [0.5, 0.6) is 0 Å². The highest BCUT2D eigenvalue weighted by Gasteiger charge is 2.11. The highest BCUT2D eigenvalue weighted by atomic mass is 32.2. The van der Waals surface area contributed by atoms with Crippen LogP contribution in [0.4, 0.5) is 0 Å². The number of hydrogen-bond acceptors (Lipinski definition) is 4. The second-order valence-electron chi connectivity index (χ2n) is 5.48. The van der Waals surface area contributed by atoms with Crippen molar-refractivity contribution in [2.45, 2.75) is 11.5 Å². The average molecular weight is 337 g/mol. The zero-order chi connectivity index (χ0) is 16.4. The van der Waals surface area contributed by atoms with Gasteiger partial charge >= 0.3 is 0 Å². The first-order valence-corrected chi connectivity index (χ1v) is 9.05.